The first-order valence-corrected chi connectivity index (χ1v) is 12.2. The Morgan fingerprint density at radius 3 is 1.89 bits per heavy atom. The molecular formula is C30H32N4O4. The zero-order valence-corrected chi connectivity index (χ0v) is 22.3. The van der Waals surface area contributed by atoms with Crippen molar-refractivity contribution in [1.82, 2.24) is 0 Å². The van der Waals surface area contributed by atoms with Crippen LogP contribution in [0.15, 0.2) is 83.0 Å². The summed E-state index contributed by atoms with van der Waals surface area (Å²) in [5.41, 5.74) is 2.08. The van der Waals surface area contributed by atoms with Gasteiger partial charge >= 0.3 is 5.97 Å². The normalized spacial score (nSPS) is 11.6. The minimum atomic E-state index is -0.613. The van der Waals surface area contributed by atoms with Gasteiger partial charge in [0.25, 0.3) is 5.91 Å². The molecule has 196 valence electrons. The molecule has 0 atom stereocenters. The lowest BCUT2D eigenvalue weighted by Gasteiger charge is -2.36. The van der Waals surface area contributed by atoms with E-state index >= 15 is 0 Å². The van der Waals surface area contributed by atoms with Crippen LogP contribution in [0.5, 0.6) is 5.75 Å². The van der Waals surface area contributed by atoms with Gasteiger partial charge < -0.3 is 14.8 Å². The highest BCUT2D eigenvalue weighted by Gasteiger charge is 2.41. The van der Waals surface area contributed by atoms with E-state index in [1.807, 2.05) is 34.6 Å². The minimum Gasteiger partial charge on any atom is -0.490 e. The Labute approximate surface area is 223 Å². The summed E-state index contributed by atoms with van der Waals surface area (Å²) in [6.45, 7) is 10.1. The van der Waals surface area contributed by atoms with Gasteiger partial charge in [0.05, 0.1) is 28.4 Å². The maximum absolute atomic E-state index is 12.6. The van der Waals surface area contributed by atoms with E-state index in [1.54, 1.807) is 72.8 Å². The van der Waals surface area contributed by atoms with E-state index in [9.17, 15) is 9.59 Å². The summed E-state index contributed by atoms with van der Waals surface area (Å²) < 4.78 is 11.0. The maximum atomic E-state index is 12.6. The van der Waals surface area contributed by atoms with Crippen LogP contribution in [0.2, 0.25) is 0 Å². The van der Waals surface area contributed by atoms with Gasteiger partial charge in [-0.25, -0.2) is 0 Å². The first kappa shape index (κ1) is 28.1. The number of benzene rings is 3. The predicted molar refractivity (Wildman–Crippen MR) is 146 cm³/mol. The van der Waals surface area contributed by atoms with Crippen molar-refractivity contribution in [2.75, 3.05) is 18.5 Å². The van der Waals surface area contributed by atoms with Gasteiger partial charge in [-0.2, -0.15) is 15.5 Å². The molecule has 0 aliphatic heterocycles. The van der Waals surface area contributed by atoms with Gasteiger partial charge in [0.1, 0.15) is 19.0 Å². The SMILES string of the molecule is CC(C)(C)C(C)(C)C(=O)OCCOc1ccc(C(=O)Nc2ccc(N=Nc3ccc(C#N)cc3)cc2)cc1. The summed E-state index contributed by atoms with van der Waals surface area (Å²) in [6.07, 6.45) is 0. The third-order valence-corrected chi connectivity index (χ3v) is 6.49. The van der Waals surface area contributed by atoms with Crippen molar-refractivity contribution < 1.29 is 19.1 Å². The van der Waals surface area contributed by atoms with Crippen LogP contribution in [0.25, 0.3) is 0 Å². The van der Waals surface area contributed by atoms with Gasteiger partial charge in [0.15, 0.2) is 0 Å². The summed E-state index contributed by atoms with van der Waals surface area (Å²) in [5, 5.41) is 20.0. The Morgan fingerprint density at radius 1 is 0.816 bits per heavy atom. The number of hydrogen-bond donors (Lipinski definition) is 1. The van der Waals surface area contributed by atoms with Gasteiger partial charge in [-0.1, -0.05) is 20.8 Å². The van der Waals surface area contributed by atoms with E-state index in [4.69, 9.17) is 14.7 Å². The molecular weight excluding hydrogens is 480 g/mol. The van der Waals surface area contributed by atoms with E-state index in [1.165, 1.54) is 0 Å². The van der Waals surface area contributed by atoms with E-state index in [0.717, 1.165) is 0 Å². The highest BCUT2D eigenvalue weighted by atomic mass is 16.6. The molecule has 0 aliphatic rings. The number of nitrogens with one attached hydrogen (secondary N) is 1. The van der Waals surface area contributed by atoms with Crippen molar-refractivity contribution in [3.63, 3.8) is 0 Å². The number of carbonyl (C=O) groups excluding carboxylic acids is 2. The first-order chi connectivity index (χ1) is 18.0. The number of esters is 1. The Hall–Kier alpha value is -4.51. The number of amides is 1. The summed E-state index contributed by atoms with van der Waals surface area (Å²) >= 11 is 0. The minimum absolute atomic E-state index is 0.142. The number of anilines is 1. The third kappa shape index (κ3) is 7.50. The summed E-state index contributed by atoms with van der Waals surface area (Å²) in [6, 6.07) is 22.6. The average molecular weight is 513 g/mol. The number of azo groups is 1. The van der Waals surface area contributed by atoms with Crippen LogP contribution in [0.1, 0.15) is 50.5 Å². The molecule has 0 saturated heterocycles. The van der Waals surface area contributed by atoms with Crippen LogP contribution in [0.3, 0.4) is 0 Å². The Balaban J connectivity index is 1.46. The fraction of sp³-hybridized carbons (Fsp3) is 0.300. The summed E-state index contributed by atoms with van der Waals surface area (Å²) in [5.74, 6) is 0.0505. The Morgan fingerprint density at radius 2 is 1.37 bits per heavy atom. The molecule has 0 heterocycles. The number of nitriles is 1. The first-order valence-electron chi connectivity index (χ1n) is 12.2. The van der Waals surface area contributed by atoms with Crippen LogP contribution in [-0.4, -0.2) is 25.1 Å². The molecule has 0 aromatic heterocycles. The van der Waals surface area contributed by atoms with Crippen molar-refractivity contribution in [3.8, 4) is 11.8 Å². The third-order valence-electron chi connectivity index (χ3n) is 6.49. The zero-order chi connectivity index (χ0) is 27.8. The largest absolute Gasteiger partial charge is 0.490 e. The maximum Gasteiger partial charge on any atom is 0.312 e. The molecule has 0 spiro atoms. The molecule has 3 rings (SSSR count). The molecule has 0 saturated carbocycles. The lowest BCUT2D eigenvalue weighted by atomic mass is 9.69. The van der Waals surface area contributed by atoms with E-state index in [2.05, 4.69) is 21.6 Å². The van der Waals surface area contributed by atoms with Crippen LogP contribution in [-0.2, 0) is 9.53 Å². The van der Waals surface area contributed by atoms with E-state index in [0.29, 0.717) is 33.9 Å². The van der Waals surface area contributed by atoms with Gasteiger partial charge in [-0.05, 0) is 92.1 Å². The van der Waals surface area contributed by atoms with Crippen molar-refractivity contribution in [3.05, 3.63) is 83.9 Å². The topological polar surface area (TPSA) is 113 Å². The van der Waals surface area contributed by atoms with Crippen LogP contribution in [0.4, 0.5) is 17.1 Å². The molecule has 8 heteroatoms. The molecule has 0 fully saturated rings. The van der Waals surface area contributed by atoms with Crippen molar-refractivity contribution in [1.29, 1.82) is 5.26 Å². The molecule has 0 radical (unpaired) electrons. The van der Waals surface area contributed by atoms with Crippen molar-refractivity contribution in [2.24, 2.45) is 21.1 Å². The highest BCUT2D eigenvalue weighted by Crippen LogP contribution is 2.38. The standard InChI is InChI=1S/C30H32N4O4/c1-29(2,3)30(4,5)28(36)38-19-18-37-26-16-8-22(9-17-26)27(35)32-23-12-14-25(15-13-23)34-33-24-10-6-21(20-31)7-11-24/h6-17H,18-19H2,1-5H3,(H,32,35). The van der Waals surface area contributed by atoms with Crippen LogP contribution in [0, 0.1) is 22.2 Å². The molecule has 0 bridgehead atoms. The lowest BCUT2D eigenvalue weighted by molar-refractivity contribution is -0.161. The van der Waals surface area contributed by atoms with Gasteiger partial charge in [0, 0.05) is 11.3 Å². The molecule has 8 nitrogen and oxygen atoms in total. The Bertz CT molecular complexity index is 1320. The second kappa shape index (κ2) is 12.2. The van der Waals surface area contributed by atoms with E-state index in [-0.39, 0.29) is 30.5 Å². The lowest BCUT2D eigenvalue weighted by Crippen LogP contribution is -2.39. The zero-order valence-electron chi connectivity index (χ0n) is 22.3. The van der Waals surface area contributed by atoms with Gasteiger partial charge in [-0.3, -0.25) is 9.59 Å². The molecule has 38 heavy (non-hydrogen) atoms. The number of nitrogens with zero attached hydrogens (tertiary/aromatic N) is 3. The fourth-order valence-electron chi connectivity index (χ4n) is 3.02. The quantitative estimate of drug-likeness (QED) is 0.185. The van der Waals surface area contributed by atoms with Crippen molar-refractivity contribution in [2.45, 2.75) is 34.6 Å². The summed E-state index contributed by atoms with van der Waals surface area (Å²) in [7, 11) is 0. The number of carbonyl (C=O) groups is 2. The number of hydrogen-bond acceptors (Lipinski definition) is 7. The van der Waals surface area contributed by atoms with Gasteiger partial charge in [-0.15, -0.1) is 0 Å². The molecule has 1 amide bonds. The molecule has 3 aromatic carbocycles. The number of ether oxygens (including phenoxy) is 2. The smallest absolute Gasteiger partial charge is 0.312 e. The molecule has 3 aromatic rings. The molecule has 0 aliphatic carbocycles. The average Bonchev–Trinajstić information content (AvgIpc) is 2.90. The fourth-order valence-corrected chi connectivity index (χ4v) is 3.02. The van der Waals surface area contributed by atoms with Crippen LogP contribution >= 0.6 is 0 Å². The molecule has 1 N–H and O–H groups in total. The van der Waals surface area contributed by atoms with Gasteiger partial charge in [0.2, 0.25) is 0 Å². The molecule has 0 unspecified atom stereocenters. The van der Waals surface area contributed by atoms with Crippen molar-refractivity contribution >= 4 is 28.9 Å². The van der Waals surface area contributed by atoms with Crippen LogP contribution < -0.4 is 10.1 Å². The second-order valence-electron chi connectivity index (χ2n) is 10.2. The number of rotatable bonds is 9. The van der Waals surface area contributed by atoms with E-state index < -0.39 is 5.41 Å². The Kier molecular flexibility index (Phi) is 8.98. The predicted octanol–water partition coefficient (Wildman–Crippen LogP) is 7.22. The second-order valence-corrected chi connectivity index (χ2v) is 10.2. The highest BCUT2D eigenvalue weighted by molar-refractivity contribution is 6.04. The monoisotopic (exact) mass is 512 g/mol. The summed E-state index contributed by atoms with van der Waals surface area (Å²) in [4.78, 5) is 25.0.